The zero-order chi connectivity index (χ0) is 14.6. The summed E-state index contributed by atoms with van der Waals surface area (Å²) in [4.78, 5) is 0. The van der Waals surface area contributed by atoms with Crippen LogP contribution in [0.4, 0.5) is 0 Å². The van der Waals surface area contributed by atoms with Crippen LogP contribution in [0.25, 0.3) is 0 Å². The Morgan fingerprint density at radius 1 is 1.30 bits per heavy atom. The van der Waals surface area contributed by atoms with Crippen LogP contribution < -0.4 is 0 Å². The van der Waals surface area contributed by atoms with Crippen LogP contribution in [0.1, 0.15) is 36.5 Å². The Labute approximate surface area is 120 Å². The van der Waals surface area contributed by atoms with Gasteiger partial charge in [0, 0.05) is 7.11 Å². The maximum atomic E-state index is 12.0. The molecular formula is C15H22O4S. The van der Waals surface area contributed by atoms with Gasteiger partial charge in [-0.05, 0) is 30.4 Å². The first kappa shape index (κ1) is 15.5. The Bertz CT molecular complexity index is 521. The molecule has 1 aliphatic heterocycles. The number of methoxy groups -OCH3 is 1. The second-order valence-electron chi connectivity index (χ2n) is 5.33. The lowest BCUT2D eigenvalue weighted by Gasteiger charge is -2.27. The van der Waals surface area contributed by atoms with Crippen molar-refractivity contribution in [1.29, 1.82) is 0 Å². The van der Waals surface area contributed by atoms with E-state index in [1.807, 2.05) is 24.3 Å². The van der Waals surface area contributed by atoms with E-state index in [0.717, 1.165) is 18.4 Å². The molecule has 2 rings (SSSR count). The summed E-state index contributed by atoms with van der Waals surface area (Å²) in [6.07, 6.45) is 2.02. The molecule has 0 saturated carbocycles. The molecule has 1 fully saturated rings. The normalized spacial score (nSPS) is 23.4. The molecule has 0 aromatic heterocycles. The summed E-state index contributed by atoms with van der Waals surface area (Å²) in [6.45, 7) is 0.652. The minimum atomic E-state index is -3.17. The quantitative estimate of drug-likeness (QED) is 0.901. The van der Waals surface area contributed by atoms with E-state index in [9.17, 15) is 13.5 Å². The van der Waals surface area contributed by atoms with Gasteiger partial charge in [0.1, 0.15) is 0 Å². The van der Waals surface area contributed by atoms with Gasteiger partial charge >= 0.3 is 0 Å². The monoisotopic (exact) mass is 298 g/mol. The molecule has 0 amide bonds. The molecule has 0 spiro atoms. The highest BCUT2D eigenvalue weighted by molar-refractivity contribution is 7.92. The van der Waals surface area contributed by atoms with Gasteiger partial charge in [0.05, 0.1) is 23.7 Å². The van der Waals surface area contributed by atoms with Crippen molar-refractivity contribution in [3.8, 4) is 0 Å². The van der Waals surface area contributed by atoms with E-state index in [1.54, 1.807) is 7.11 Å². The molecule has 0 aliphatic carbocycles. The third kappa shape index (κ3) is 3.59. The van der Waals surface area contributed by atoms with Crippen LogP contribution in [0, 0.1) is 0 Å². The molecule has 5 heteroatoms. The van der Waals surface area contributed by atoms with Crippen molar-refractivity contribution in [3.05, 3.63) is 35.4 Å². The Hall–Kier alpha value is -0.910. The number of aliphatic hydroxyl groups excluding tert-OH is 1. The lowest BCUT2D eigenvalue weighted by Crippen LogP contribution is -2.33. The van der Waals surface area contributed by atoms with E-state index in [2.05, 4.69) is 0 Å². The van der Waals surface area contributed by atoms with Crippen molar-refractivity contribution < 1.29 is 18.3 Å². The van der Waals surface area contributed by atoms with Crippen LogP contribution in [-0.4, -0.2) is 38.2 Å². The van der Waals surface area contributed by atoms with E-state index >= 15 is 0 Å². The van der Waals surface area contributed by atoms with E-state index < -0.39 is 21.2 Å². The van der Waals surface area contributed by atoms with Crippen molar-refractivity contribution >= 4 is 9.84 Å². The number of benzene rings is 1. The molecule has 1 aromatic rings. The van der Waals surface area contributed by atoms with Crippen LogP contribution in [0.15, 0.2) is 24.3 Å². The molecule has 1 aliphatic rings. The van der Waals surface area contributed by atoms with E-state index in [4.69, 9.17) is 4.74 Å². The molecule has 2 atom stereocenters. The average Bonchev–Trinajstić information content (AvgIpc) is 2.44. The Balaban J connectivity index is 2.10. The SMILES string of the molecule is COCCc1ccc(C(O)C2CCCCS2(=O)=O)cc1. The molecule has 1 N–H and O–H groups in total. The van der Waals surface area contributed by atoms with Gasteiger partial charge in [-0.2, -0.15) is 0 Å². The fourth-order valence-corrected chi connectivity index (χ4v) is 4.63. The largest absolute Gasteiger partial charge is 0.387 e. The molecule has 4 nitrogen and oxygen atoms in total. The minimum absolute atomic E-state index is 0.195. The Kier molecular flexibility index (Phi) is 5.18. The average molecular weight is 298 g/mol. The van der Waals surface area contributed by atoms with Gasteiger partial charge in [0.15, 0.2) is 9.84 Å². The second-order valence-corrected chi connectivity index (χ2v) is 7.67. The number of hydrogen-bond donors (Lipinski definition) is 1. The minimum Gasteiger partial charge on any atom is -0.387 e. The predicted molar refractivity (Wildman–Crippen MR) is 78.4 cm³/mol. The summed E-state index contributed by atoms with van der Waals surface area (Å²) in [5.41, 5.74) is 1.80. The van der Waals surface area contributed by atoms with Crippen LogP contribution in [0.2, 0.25) is 0 Å². The first-order chi connectivity index (χ1) is 9.54. The lowest BCUT2D eigenvalue weighted by molar-refractivity contribution is 0.164. The molecule has 2 unspecified atom stereocenters. The first-order valence-electron chi connectivity index (χ1n) is 7.02. The fraction of sp³-hybridized carbons (Fsp3) is 0.600. The number of sulfone groups is 1. The van der Waals surface area contributed by atoms with Gasteiger partial charge in [-0.15, -0.1) is 0 Å². The number of ether oxygens (including phenoxy) is 1. The number of aliphatic hydroxyl groups is 1. The highest BCUT2D eigenvalue weighted by atomic mass is 32.2. The van der Waals surface area contributed by atoms with Crippen molar-refractivity contribution in [2.45, 2.75) is 37.0 Å². The molecule has 1 heterocycles. The zero-order valence-electron chi connectivity index (χ0n) is 11.8. The standard InChI is InChI=1S/C15H22O4S/c1-19-10-9-12-5-7-13(8-6-12)15(16)14-4-2-3-11-20(14,17)18/h5-8,14-16H,2-4,9-11H2,1H3. The van der Waals surface area contributed by atoms with Crippen LogP contribution in [0.3, 0.4) is 0 Å². The van der Waals surface area contributed by atoms with E-state index in [1.165, 1.54) is 0 Å². The summed E-state index contributed by atoms with van der Waals surface area (Å²) < 4.78 is 29.1. The van der Waals surface area contributed by atoms with Gasteiger partial charge in [-0.3, -0.25) is 0 Å². The first-order valence-corrected chi connectivity index (χ1v) is 8.73. The number of hydrogen-bond acceptors (Lipinski definition) is 4. The summed E-state index contributed by atoms with van der Waals surface area (Å²) in [5.74, 6) is 0.195. The van der Waals surface area contributed by atoms with Crippen molar-refractivity contribution in [3.63, 3.8) is 0 Å². The summed E-state index contributed by atoms with van der Waals surface area (Å²) in [6, 6.07) is 7.49. The second kappa shape index (κ2) is 6.70. The molecule has 20 heavy (non-hydrogen) atoms. The highest BCUT2D eigenvalue weighted by Crippen LogP contribution is 2.30. The number of rotatable bonds is 5. The van der Waals surface area contributed by atoms with Gasteiger partial charge in [0.25, 0.3) is 0 Å². The molecular weight excluding hydrogens is 276 g/mol. The summed E-state index contributed by atoms with van der Waals surface area (Å²) >= 11 is 0. The Morgan fingerprint density at radius 2 is 2.00 bits per heavy atom. The zero-order valence-corrected chi connectivity index (χ0v) is 12.6. The van der Waals surface area contributed by atoms with Crippen molar-refractivity contribution in [1.82, 2.24) is 0 Å². The van der Waals surface area contributed by atoms with Crippen LogP contribution in [0.5, 0.6) is 0 Å². The van der Waals surface area contributed by atoms with Gasteiger partial charge < -0.3 is 9.84 Å². The highest BCUT2D eigenvalue weighted by Gasteiger charge is 2.35. The molecule has 0 radical (unpaired) electrons. The smallest absolute Gasteiger partial charge is 0.156 e. The van der Waals surface area contributed by atoms with Crippen molar-refractivity contribution in [2.24, 2.45) is 0 Å². The predicted octanol–water partition coefficient (Wildman–Crippen LogP) is 1.88. The fourth-order valence-electron chi connectivity index (χ4n) is 2.65. The van der Waals surface area contributed by atoms with E-state index in [0.29, 0.717) is 25.0 Å². The van der Waals surface area contributed by atoms with Crippen LogP contribution in [-0.2, 0) is 21.0 Å². The summed E-state index contributed by atoms with van der Waals surface area (Å²) in [5, 5.41) is 9.69. The van der Waals surface area contributed by atoms with Gasteiger partial charge in [0.2, 0.25) is 0 Å². The van der Waals surface area contributed by atoms with Gasteiger partial charge in [-0.25, -0.2) is 8.42 Å². The third-order valence-corrected chi connectivity index (χ3v) is 6.17. The van der Waals surface area contributed by atoms with Gasteiger partial charge in [-0.1, -0.05) is 30.7 Å². The Morgan fingerprint density at radius 3 is 2.60 bits per heavy atom. The maximum Gasteiger partial charge on any atom is 0.156 e. The molecule has 112 valence electrons. The van der Waals surface area contributed by atoms with E-state index in [-0.39, 0.29) is 5.75 Å². The van der Waals surface area contributed by atoms with Crippen molar-refractivity contribution in [2.75, 3.05) is 19.5 Å². The third-order valence-electron chi connectivity index (χ3n) is 3.90. The molecule has 0 bridgehead atoms. The molecule has 1 aromatic carbocycles. The topological polar surface area (TPSA) is 63.6 Å². The molecule has 1 saturated heterocycles. The maximum absolute atomic E-state index is 12.0. The van der Waals surface area contributed by atoms with Crippen LogP contribution >= 0.6 is 0 Å². The summed E-state index contributed by atoms with van der Waals surface area (Å²) in [7, 11) is -1.51. The lowest BCUT2D eigenvalue weighted by atomic mass is 10.0.